The van der Waals surface area contributed by atoms with Crippen molar-refractivity contribution >= 4 is 34.2 Å². The lowest BCUT2D eigenvalue weighted by atomic mass is 10.1. The zero-order valence-electron chi connectivity index (χ0n) is 16.9. The Balaban J connectivity index is 1.86. The van der Waals surface area contributed by atoms with Crippen LogP contribution in [0, 0.1) is 13.8 Å². The summed E-state index contributed by atoms with van der Waals surface area (Å²) in [4.78, 5) is 18.2. The van der Waals surface area contributed by atoms with Gasteiger partial charge in [0.2, 0.25) is 0 Å². The van der Waals surface area contributed by atoms with Gasteiger partial charge in [-0.3, -0.25) is 4.79 Å². The third-order valence-corrected chi connectivity index (χ3v) is 5.39. The third-order valence-electron chi connectivity index (χ3n) is 5.16. The molecule has 0 unspecified atom stereocenters. The molecule has 0 saturated heterocycles. The van der Waals surface area contributed by atoms with Gasteiger partial charge >= 0.3 is 0 Å². The molecule has 1 amide bonds. The summed E-state index contributed by atoms with van der Waals surface area (Å²) in [5.41, 5.74) is 4.66. The Kier molecular flexibility index (Phi) is 4.46. The largest absolute Gasteiger partial charge is 0.322 e. The number of nitrogens with zero attached hydrogens (tertiary/aromatic N) is 3. The van der Waals surface area contributed by atoms with E-state index in [9.17, 15) is 4.79 Å². The minimum absolute atomic E-state index is 0.156. The standard InChI is InChI=1S/C22H25ClN4O/c1-12-6-9-15(23)10-17(12)25-21(28)16-11-18(14-7-8-14)24-20-19(16)13(2)26-27(20)22(3,4)5/h6,9-11,14H,7-8H2,1-5H3,(H,25,28). The van der Waals surface area contributed by atoms with Gasteiger partial charge in [0.1, 0.15) is 0 Å². The second-order valence-electron chi connectivity index (χ2n) is 8.65. The van der Waals surface area contributed by atoms with Gasteiger partial charge in [-0.05, 0) is 71.2 Å². The van der Waals surface area contributed by atoms with E-state index in [4.69, 9.17) is 21.7 Å². The fourth-order valence-electron chi connectivity index (χ4n) is 3.46. The minimum Gasteiger partial charge on any atom is -0.322 e. The summed E-state index contributed by atoms with van der Waals surface area (Å²) in [6, 6.07) is 7.44. The molecule has 3 aromatic rings. The molecule has 1 N–H and O–H groups in total. The second-order valence-corrected chi connectivity index (χ2v) is 9.09. The van der Waals surface area contributed by atoms with Crippen LogP contribution < -0.4 is 5.32 Å². The van der Waals surface area contributed by atoms with Crippen LogP contribution in [0.1, 0.15) is 66.8 Å². The first-order valence-electron chi connectivity index (χ1n) is 9.63. The maximum Gasteiger partial charge on any atom is 0.256 e. The Morgan fingerprint density at radius 2 is 1.93 bits per heavy atom. The number of aryl methyl sites for hydroxylation is 2. The zero-order chi connectivity index (χ0) is 20.2. The van der Waals surface area contributed by atoms with Crippen molar-refractivity contribution in [3.63, 3.8) is 0 Å². The molecule has 0 atom stereocenters. The highest BCUT2D eigenvalue weighted by atomic mass is 35.5. The highest BCUT2D eigenvalue weighted by molar-refractivity contribution is 6.31. The first-order chi connectivity index (χ1) is 13.1. The number of fused-ring (bicyclic) bond motifs is 1. The lowest BCUT2D eigenvalue weighted by molar-refractivity contribution is 0.102. The average molecular weight is 397 g/mol. The summed E-state index contributed by atoms with van der Waals surface area (Å²) < 4.78 is 1.94. The molecule has 1 aliphatic carbocycles. The minimum atomic E-state index is -0.223. The van der Waals surface area contributed by atoms with E-state index in [1.54, 1.807) is 6.07 Å². The van der Waals surface area contributed by atoms with Crippen LogP contribution in [-0.2, 0) is 5.54 Å². The van der Waals surface area contributed by atoms with Crippen molar-refractivity contribution in [3.05, 3.63) is 51.8 Å². The number of carbonyl (C=O) groups excluding carboxylic acids is 1. The van der Waals surface area contributed by atoms with Gasteiger partial charge in [-0.2, -0.15) is 5.10 Å². The number of amides is 1. The number of carbonyl (C=O) groups is 1. The van der Waals surface area contributed by atoms with Crippen LogP contribution in [0.4, 0.5) is 5.69 Å². The van der Waals surface area contributed by atoms with E-state index < -0.39 is 0 Å². The maximum atomic E-state index is 13.3. The third kappa shape index (κ3) is 3.39. The van der Waals surface area contributed by atoms with E-state index in [0.29, 0.717) is 16.5 Å². The number of benzene rings is 1. The van der Waals surface area contributed by atoms with Gasteiger partial charge in [-0.15, -0.1) is 0 Å². The van der Waals surface area contributed by atoms with E-state index in [2.05, 4.69) is 26.1 Å². The Morgan fingerprint density at radius 1 is 1.21 bits per heavy atom. The number of hydrogen-bond acceptors (Lipinski definition) is 3. The van der Waals surface area contributed by atoms with E-state index in [-0.39, 0.29) is 11.4 Å². The highest BCUT2D eigenvalue weighted by Gasteiger charge is 2.30. The molecule has 28 heavy (non-hydrogen) atoms. The molecule has 0 spiro atoms. The summed E-state index contributed by atoms with van der Waals surface area (Å²) in [6.45, 7) is 10.2. The maximum absolute atomic E-state index is 13.3. The molecule has 0 radical (unpaired) electrons. The summed E-state index contributed by atoms with van der Waals surface area (Å²) in [7, 11) is 0. The molecule has 5 nitrogen and oxygen atoms in total. The number of rotatable bonds is 3. The first-order valence-corrected chi connectivity index (χ1v) is 10.0. The normalized spacial score (nSPS) is 14.5. The van der Waals surface area contributed by atoms with Crippen molar-refractivity contribution < 1.29 is 4.79 Å². The molecule has 6 heteroatoms. The van der Waals surface area contributed by atoms with E-state index in [0.717, 1.165) is 46.5 Å². The number of pyridine rings is 1. The first kappa shape index (κ1) is 18.9. The molecular formula is C22H25ClN4O. The second kappa shape index (κ2) is 6.59. The molecular weight excluding hydrogens is 372 g/mol. The Bertz CT molecular complexity index is 1090. The van der Waals surface area contributed by atoms with E-state index >= 15 is 0 Å². The molecule has 2 heterocycles. The number of nitrogens with one attached hydrogen (secondary N) is 1. The fourth-order valence-corrected chi connectivity index (χ4v) is 3.63. The smallest absolute Gasteiger partial charge is 0.256 e. The quantitative estimate of drug-likeness (QED) is 0.628. The van der Waals surface area contributed by atoms with Gasteiger partial charge in [0.05, 0.1) is 22.2 Å². The highest BCUT2D eigenvalue weighted by Crippen LogP contribution is 2.41. The van der Waals surface area contributed by atoms with Gasteiger partial charge in [-0.1, -0.05) is 17.7 Å². The number of hydrogen-bond donors (Lipinski definition) is 1. The Labute approximate surface area is 170 Å². The van der Waals surface area contributed by atoms with Gasteiger partial charge in [0, 0.05) is 22.3 Å². The van der Waals surface area contributed by atoms with E-state index in [1.165, 1.54) is 0 Å². The van der Waals surface area contributed by atoms with Gasteiger partial charge < -0.3 is 5.32 Å². The fraction of sp³-hybridized carbons (Fsp3) is 0.409. The summed E-state index contributed by atoms with van der Waals surface area (Å²) >= 11 is 6.12. The molecule has 1 saturated carbocycles. The van der Waals surface area contributed by atoms with Crippen molar-refractivity contribution in [1.82, 2.24) is 14.8 Å². The molecule has 2 aromatic heterocycles. The summed E-state index contributed by atoms with van der Waals surface area (Å²) in [5, 5.41) is 9.16. The van der Waals surface area contributed by atoms with Crippen molar-refractivity contribution in [3.8, 4) is 0 Å². The van der Waals surface area contributed by atoms with Crippen LogP contribution in [0.5, 0.6) is 0 Å². The lowest BCUT2D eigenvalue weighted by Gasteiger charge is -2.20. The molecule has 0 bridgehead atoms. The Hall–Kier alpha value is -2.40. The van der Waals surface area contributed by atoms with E-state index in [1.807, 2.05) is 36.7 Å². The van der Waals surface area contributed by atoms with Crippen LogP contribution in [0.15, 0.2) is 24.3 Å². The monoisotopic (exact) mass is 396 g/mol. The van der Waals surface area contributed by atoms with Crippen LogP contribution in [0.2, 0.25) is 5.02 Å². The number of anilines is 1. The molecule has 146 valence electrons. The zero-order valence-corrected chi connectivity index (χ0v) is 17.7. The topological polar surface area (TPSA) is 59.8 Å². The van der Waals surface area contributed by atoms with Crippen LogP contribution in [0.25, 0.3) is 11.0 Å². The summed E-state index contributed by atoms with van der Waals surface area (Å²) in [6.07, 6.45) is 2.24. The molecule has 0 aliphatic heterocycles. The SMILES string of the molecule is Cc1ccc(Cl)cc1NC(=O)c1cc(C2CC2)nc2c1c(C)nn2C(C)(C)C. The predicted molar refractivity (Wildman–Crippen MR) is 113 cm³/mol. The molecule has 1 fully saturated rings. The van der Waals surface area contributed by atoms with Crippen molar-refractivity contribution in [2.75, 3.05) is 5.32 Å². The van der Waals surface area contributed by atoms with Crippen molar-refractivity contribution in [2.24, 2.45) is 0 Å². The predicted octanol–water partition coefficient (Wildman–Crippen LogP) is 5.59. The molecule has 1 aliphatic rings. The molecule has 1 aromatic carbocycles. The van der Waals surface area contributed by atoms with Crippen molar-refractivity contribution in [1.29, 1.82) is 0 Å². The van der Waals surface area contributed by atoms with Crippen LogP contribution >= 0.6 is 11.6 Å². The van der Waals surface area contributed by atoms with Crippen molar-refractivity contribution in [2.45, 2.75) is 58.9 Å². The van der Waals surface area contributed by atoms with Gasteiger partial charge in [0.15, 0.2) is 5.65 Å². The lowest BCUT2D eigenvalue weighted by Crippen LogP contribution is -2.23. The van der Waals surface area contributed by atoms with Crippen LogP contribution in [0.3, 0.4) is 0 Å². The van der Waals surface area contributed by atoms with Crippen LogP contribution in [-0.4, -0.2) is 20.7 Å². The number of halogens is 1. The number of aromatic nitrogens is 3. The average Bonchev–Trinajstić information content (AvgIpc) is 3.40. The summed E-state index contributed by atoms with van der Waals surface area (Å²) in [5.74, 6) is 0.281. The van der Waals surface area contributed by atoms with Gasteiger partial charge in [0.25, 0.3) is 5.91 Å². The molecule has 4 rings (SSSR count). The Morgan fingerprint density at radius 3 is 2.57 bits per heavy atom. The van der Waals surface area contributed by atoms with Gasteiger partial charge in [-0.25, -0.2) is 9.67 Å².